The molecule has 1 N–H and O–H groups in total. The molecule has 0 aliphatic carbocycles. The average molecular weight is 275 g/mol. The number of fused-ring (bicyclic) bond motifs is 2. The minimum atomic E-state index is -3.03. The molecule has 0 saturated carbocycles. The van der Waals surface area contributed by atoms with Gasteiger partial charge in [-0.05, 0) is 33.1 Å². The molecule has 2 fully saturated rings. The van der Waals surface area contributed by atoms with E-state index in [4.69, 9.17) is 5.11 Å². The molecule has 104 valence electrons. The highest BCUT2D eigenvalue weighted by atomic mass is 32.2. The van der Waals surface area contributed by atoms with Crippen LogP contribution < -0.4 is 0 Å². The van der Waals surface area contributed by atoms with Crippen LogP contribution in [0.2, 0.25) is 0 Å². The number of hydrogen-bond donors (Lipinski definition) is 1. The van der Waals surface area contributed by atoms with Gasteiger partial charge in [0.2, 0.25) is 0 Å². The van der Waals surface area contributed by atoms with E-state index in [1.54, 1.807) is 13.8 Å². The van der Waals surface area contributed by atoms with Crippen LogP contribution in [0, 0.1) is 5.92 Å². The summed E-state index contributed by atoms with van der Waals surface area (Å²) in [5.41, 5.74) is 0. The van der Waals surface area contributed by atoms with E-state index >= 15 is 0 Å². The summed E-state index contributed by atoms with van der Waals surface area (Å²) in [6, 6.07) is 0.327. The number of carboxylic acid groups (broad SMARTS) is 1. The van der Waals surface area contributed by atoms with Crippen molar-refractivity contribution in [3.05, 3.63) is 0 Å². The first kappa shape index (κ1) is 13.8. The highest BCUT2D eigenvalue weighted by Crippen LogP contribution is 2.41. The van der Waals surface area contributed by atoms with Crippen molar-refractivity contribution in [1.82, 2.24) is 4.90 Å². The van der Waals surface area contributed by atoms with Gasteiger partial charge in [0, 0.05) is 18.6 Å². The number of sulfone groups is 1. The molecule has 6 heteroatoms. The molecule has 0 aromatic carbocycles. The maximum Gasteiger partial charge on any atom is 0.308 e. The minimum absolute atomic E-state index is 0.0508. The van der Waals surface area contributed by atoms with Crippen molar-refractivity contribution in [1.29, 1.82) is 0 Å². The molecule has 0 radical (unpaired) electrons. The number of rotatable bonds is 5. The van der Waals surface area contributed by atoms with Crippen LogP contribution in [0.25, 0.3) is 0 Å². The van der Waals surface area contributed by atoms with Gasteiger partial charge < -0.3 is 5.11 Å². The van der Waals surface area contributed by atoms with Crippen molar-refractivity contribution < 1.29 is 18.3 Å². The lowest BCUT2D eigenvalue weighted by atomic mass is 9.89. The van der Waals surface area contributed by atoms with Gasteiger partial charge in [-0.15, -0.1) is 0 Å². The third kappa shape index (κ3) is 2.40. The summed E-state index contributed by atoms with van der Waals surface area (Å²) in [5.74, 6) is -0.895. The molecule has 0 spiro atoms. The largest absolute Gasteiger partial charge is 0.481 e. The Bertz CT molecular complexity index is 431. The Hall–Kier alpha value is -0.620. The number of nitrogens with zero attached hydrogens (tertiary/aromatic N) is 1. The Morgan fingerprint density at radius 1 is 1.39 bits per heavy atom. The van der Waals surface area contributed by atoms with Crippen molar-refractivity contribution in [3.63, 3.8) is 0 Å². The van der Waals surface area contributed by atoms with Gasteiger partial charge in [-0.25, -0.2) is 8.42 Å². The topological polar surface area (TPSA) is 74.7 Å². The van der Waals surface area contributed by atoms with Gasteiger partial charge in [-0.1, -0.05) is 0 Å². The third-order valence-corrected chi connectivity index (χ3v) is 6.54. The van der Waals surface area contributed by atoms with Crippen molar-refractivity contribution in [2.45, 2.75) is 50.4 Å². The maximum atomic E-state index is 11.8. The molecule has 2 heterocycles. The van der Waals surface area contributed by atoms with E-state index in [2.05, 4.69) is 4.90 Å². The van der Waals surface area contributed by atoms with Crippen LogP contribution in [0.4, 0.5) is 0 Å². The zero-order valence-electron chi connectivity index (χ0n) is 10.9. The van der Waals surface area contributed by atoms with E-state index in [-0.39, 0.29) is 29.0 Å². The summed E-state index contributed by atoms with van der Waals surface area (Å²) in [4.78, 5) is 13.2. The van der Waals surface area contributed by atoms with Crippen LogP contribution in [-0.2, 0) is 14.6 Å². The fourth-order valence-corrected chi connectivity index (χ4v) is 4.12. The SMILES string of the molecule is CC(C)S(=O)(=O)CCN1C2CCC1C(C(=O)O)C2. The van der Waals surface area contributed by atoms with Crippen LogP contribution in [0.1, 0.15) is 33.1 Å². The first-order valence-electron chi connectivity index (χ1n) is 6.53. The second kappa shape index (κ2) is 4.81. The molecule has 0 amide bonds. The molecule has 0 aromatic rings. The molecular weight excluding hydrogens is 254 g/mol. The fraction of sp³-hybridized carbons (Fsp3) is 0.917. The zero-order chi connectivity index (χ0) is 13.5. The lowest BCUT2D eigenvalue weighted by Gasteiger charge is -2.22. The summed E-state index contributed by atoms with van der Waals surface area (Å²) >= 11 is 0. The Morgan fingerprint density at radius 2 is 2.06 bits per heavy atom. The second-order valence-corrected chi connectivity index (χ2v) is 8.31. The van der Waals surface area contributed by atoms with E-state index in [9.17, 15) is 13.2 Å². The zero-order valence-corrected chi connectivity index (χ0v) is 11.7. The summed E-state index contributed by atoms with van der Waals surface area (Å²) in [6.45, 7) is 3.86. The monoisotopic (exact) mass is 275 g/mol. The van der Waals surface area contributed by atoms with Crippen LogP contribution in [-0.4, -0.2) is 54.0 Å². The first-order chi connectivity index (χ1) is 8.33. The van der Waals surface area contributed by atoms with Crippen molar-refractivity contribution in [2.24, 2.45) is 5.92 Å². The predicted molar refractivity (Wildman–Crippen MR) is 68.2 cm³/mol. The van der Waals surface area contributed by atoms with Gasteiger partial charge >= 0.3 is 5.97 Å². The van der Waals surface area contributed by atoms with Gasteiger partial charge in [0.1, 0.15) is 0 Å². The van der Waals surface area contributed by atoms with Gasteiger partial charge in [-0.3, -0.25) is 9.69 Å². The van der Waals surface area contributed by atoms with Gasteiger partial charge in [-0.2, -0.15) is 0 Å². The molecule has 2 aliphatic rings. The lowest BCUT2D eigenvalue weighted by Crippen LogP contribution is -2.37. The Balaban J connectivity index is 1.98. The van der Waals surface area contributed by atoms with Gasteiger partial charge in [0.05, 0.1) is 16.9 Å². The lowest BCUT2D eigenvalue weighted by molar-refractivity contribution is -0.142. The second-order valence-electron chi connectivity index (χ2n) is 5.63. The van der Waals surface area contributed by atoms with Gasteiger partial charge in [0.15, 0.2) is 9.84 Å². The van der Waals surface area contributed by atoms with E-state index in [0.29, 0.717) is 13.0 Å². The molecule has 2 saturated heterocycles. The Labute approximate surface area is 108 Å². The average Bonchev–Trinajstić information content (AvgIpc) is 2.82. The van der Waals surface area contributed by atoms with Gasteiger partial charge in [0.25, 0.3) is 0 Å². The minimum Gasteiger partial charge on any atom is -0.481 e. The molecule has 2 rings (SSSR count). The molecule has 5 nitrogen and oxygen atoms in total. The standard InChI is InChI=1S/C12H21NO4S/c1-8(2)18(16,17)6-5-13-9-3-4-11(13)10(7-9)12(14)15/h8-11H,3-7H2,1-2H3,(H,14,15). The summed E-state index contributed by atoms with van der Waals surface area (Å²) in [5, 5.41) is 8.77. The van der Waals surface area contributed by atoms with E-state index in [1.807, 2.05) is 0 Å². The fourth-order valence-electron chi connectivity index (χ4n) is 3.18. The van der Waals surface area contributed by atoms with Crippen LogP contribution in [0.15, 0.2) is 0 Å². The highest BCUT2D eigenvalue weighted by Gasteiger charge is 2.49. The first-order valence-corrected chi connectivity index (χ1v) is 8.24. The summed E-state index contributed by atoms with van der Waals surface area (Å²) in [6.07, 6.45) is 2.58. The van der Waals surface area contributed by atoms with E-state index < -0.39 is 15.8 Å². The van der Waals surface area contributed by atoms with E-state index in [1.165, 1.54) is 0 Å². The van der Waals surface area contributed by atoms with Crippen molar-refractivity contribution in [3.8, 4) is 0 Å². The Kier molecular flexibility index (Phi) is 3.69. The quantitative estimate of drug-likeness (QED) is 0.801. The molecule has 18 heavy (non-hydrogen) atoms. The number of carboxylic acids is 1. The molecule has 2 aliphatic heterocycles. The number of aliphatic carboxylic acids is 1. The van der Waals surface area contributed by atoms with Crippen molar-refractivity contribution in [2.75, 3.05) is 12.3 Å². The predicted octanol–water partition coefficient (Wildman–Crippen LogP) is 0.747. The smallest absolute Gasteiger partial charge is 0.308 e. The van der Waals surface area contributed by atoms with Crippen LogP contribution >= 0.6 is 0 Å². The molecule has 3 unspecified atom stereocenters. The number of carbonyl (C=O) groups is 1. The molecule has 0 aromatic heterocycles. The van der Waals surface area contributed by atoms with E-state index in [0.717, 1.165) is 12.8 Å². The maximum absolute atomic E-state index is 11.8. The van der Waals surface area contributed by atoms with Crippen LogP contribution in [0.3, 0.4) is 0 Å². The molecule has 2 bridgehead atoms. The van der Waals surface area contributed by atoms with Crippen LogP contribution in [0.5, 0.6) is 0 Å². The third-order valence-electron chi connectivity index (χ3n) is 4.35. The molecular formula is C12H21NO4S. The number of hydrogen-bond acceptors (Lipinski definition) is 4. The molecule has 3 atom stereocenters. The summed E-state index contributed by atoms with van der Waals surface area (Å²) < 4.78 is 23.6. The Morgan fingerprint density at radius 3 is 2.56 bits per heavy atom. The highest BCUT2D eigenvalue weighted by molar-refractivity contribution is 7.92. The summed E-state index contributed by atoms with van der Waals surface area (Å²) in [7, 11) is -3.03. The van der Waals surface area contributed by atoms with Crippen molar-refractivity contribution >= 4 is 15.8 Å². The normalized spacial score (nSPS) is 32.3.